The summed E-state index contributed by atoms with van der Waals surface area (Å²) in [6.07, 6.45) is 2.64. The van der Waals surface area contributed by atoms with E-state index in [4.69, 9.17) is 9.47 Å². The van der Waals surface area contributed by atoms with Crippen LogP contribution in [-0.4, -0.2) is 12.9 Å². The van der Waals surface area contributed by atoms with Crippen LogP contribution in [0, 0.1) is 5.92 Å². The molecule has 0 bridgehead atoms. The highest BCUT2D eigenvalue weighted by Crippen LogP contribution is 2.40. The molecule has 0 spiro atoms. The van der Waals surface area contributed by atoms with E-state index in [9.17, 15) is 4.79 Å². The minimum absolute atomic E-state index is 0.0388. The van der Waals surface area contributed by atoms with E-state index in [2.05, 4.69) is 24.3 Å². The second kappa shape index (κ2) is 9.00. The normalized spacial score (nSPS) is 18.6. The van der Waals surface area contributed by atoms with Gasteiger partial charge in [-0.15, -0.1) is 0 Å². The Balaban J connectivity index is 1.48. The molecule has 3 heteroatoms. The highest BCUT2D eigenvalue weighted by molar-refractivity contribution is 6.00. The van der Waals surface area contributed by atoms with Crippen molar-refractivity contribution in [3.8, 4) is 11.5 Å². The van der Waals surface area contributed by atoms with Gasteiger partial charge in [-0.3, -0.25) is 4.79 Å². The number of methoxy groups -OCH3 is 1. The molecule has 3 aromatic rings. The molecule has 0 saturated carbocycles. The Morgan fingerprint density at radius 1 is 0.867 bits per heavy atom. The van der Waals surface area contributed by atoms with Gasteiger partial charge in [-0.25, -0.2) is 0 Å². The smallest absolute Gasteiger partial charge is 0.159 e. The Kier molecular flexibility index (Phi) is 5.99. The molecular weight excluding hydrogens is 372 g/mol. The van der Waals surface area contributed by atoms with Gasteiger partial charge < -0.3 is 9.47 Å². The molecular formula is C27H26O3. The van der Waals surface area contributed by atoms with E-state index >= 15 is 0 Å². The zero-order chi connectivity index (χ0) is 20.9. The first kappa shape index (κ1) is 20.0. The molecule has 4 rings (SSSR count). The lowest BCUT2D eigenvalue weighted by atomic mass is 9.74. The van der Waals surface area contributed by atoms with Gasteiger partial charge in [0.15, 0.2) is 5.78 Å². The lowest BCUT2D eigenvalue weighted by Crippen LogP contribution is -2.23. The number of carbonyl (C=O) groups is 1. The maximum atomic E-state index is 12.7. The first-order valence-electron chi connectivity index (χ1n) is 10.3. The van der Waals surface area contributed by atoms with Crippen molar-refractivity contribution in [2.24, 2.45) is 5.92 Å². The van der Waals surface area contributed by atoms with Crippen LogP contribution in [0.15, 0.2) is 84.9 Å². The molecule has 0 unspecified atom stereocenters. The van der Waals surface area contributed by atoms with Gasteiger partial charge in [0.2, 0.25) is 0 Å². The van der Waals surface area contributed by atoms with Gasteiger partial charge in [-0.05, 0) is 64.9 Å². The quantitative estimate of drug-likeness (QED) is 0.507. The van der Waals surface area contributed by atoms with Crippen molar-refractivity contribution in [2.45, 2.75) is 25.9 Å². The predicted molar refractivity (Wildman–Crippen MR) is 120 cm³/mol. The number of benzene rings is 3. The molecule has 0 aliphatic heterocycles. The summed E-state index contributed by atoms with van der Waals surface area (Å²) in [5.74, 6) is 1.95. The fourth-order valence-corrected chi connectivity index (χ4v) is 3.94. The molecule has 0 radical (unpaired) electrons. The number of carbonyl (C=O) groups excluding carboxylic acids is 1. The second-order valence-corrected chi connectivity index (χ2v) is 7.74. The van der Waals surface area contributed by atoms with Crippen LogP contribution in [0.2, 0.25) is 0 Å². The van der Waals surface area contributed by atoms with Crippen LogP contribution < -0.4 is 9.47 Å². The molecule has 0 aromatic heterocycles. The first-order valence-corrected chi connectivity index (χ1v) is 10.3. The lowest BCUT2D eigenvalue weighted by molar-refractivity contribution is -0.118. The van der Waals surface area contributed by atoms with Gasteiger partial charge in [0.05, 0.1) is 7.11 Å². The number of hydrogen-bond donors (Lipinski definition) is 0. The van der Waals surface area contributed by atoms with Gasteiger partial charge in [0.1, 0.15) is 18.1 Å². The highest BCUT2D eigenvalue weighted by Gasteiger charge is 2.30. The summed E-state index contributed by atoms with van der Waals surface area (Å²) < 4.78 is 11.2. The van der Waals surface area contributed by atoms with E-state index in [1.54, 1.807) is 13.2 Å². The molecule has 2 atom stereocenters. The summed E-state index contributed by atoms with van der Waals surface area (Å²) in [6, 6.07) is 26.2. The third-order valence-corrected chi connectivity index (χ3v) is 5.83. The first-order chi connectivity index (χ1) is 14.6. The van der Waals surface area contributed by atoms with Crippen LogP contribution in [0.4, 0.5) is 0 Å². The van der Waals surface area contributed by atoms with E-state index in [-0.39, 0.29) is 17.6 Å². The van der Waals surface area contributed by atoms with Crippen LogP contribution in [0.25, 0.3) is 5.57 Å². The summed E-state index contributed by atoms with van der Waals surface area (Å²) in [7, 11) is 1.66. The molecule has 0 saturated heterocycles. The van der Waals surface area contributed by atoms with Crippen LogP contribution in [0.1, 0.15) is 36.0 Å². The SMILES string of the molecule is COc1ccc(C2=CC(=O)[C@@H](C)[C@H](c3ccc(OCc4ccccc4)cc3)C2)cc1. The molecule has 0 heterocycles. The van der Waals surface area contributed by atoms with Crippen molar-refractivity contribution in [1.82, 2.24) is 0 Å². The standard InChI is InChI=1S/C27H26O3/c1-19-26(16-23(17-27(19)28)21-8-12-24(29-2)13-9-21)22-10-14-25(15-11-22)30-18-20-6-4-3-5-7-20/h3-15,17,19,26H,16,18H2,1-2H3/t19-,26+/m0/s1. The summed E-state index contributed by atoms with van der Waals surface area (Å²) in [5, 5.41) is 0. The van der Waals surface area contributed by atoms with E-state index in [1.165, 1.54) is 5.56 Å². The van der Waals surface area contributed by atoms with Gasteiger partial charge in [0, 0.05) is 5.92 Å². The average molecular weight is 399 g/mol. The Hall–Kier alpha value is -3.33. The molecule has 152 valence electrons. The van der Waals surface area contributed by atoms with E-state index in [1.807, 2.05) is 61.5 Å². The van der Waals surface area contributed by atoms with Crippen molar-refractivity contribution < 1.29 is 14.3 Å². The van der Waals surface area contributed by atoms with Crippen LogP contribution in [0.5, 0.6) is 11.5 Å². The monoisotopic (exact) mass is 398 g/mol. The Morgan fingerprint density at radius 2 is 1.53 bits per heavy atom. The topological polar surface area (TPSA) is 35.5 Å². The summed E-state index contributed by atoms with van der Waals surface area (Å²) >= 11 is 0. The molecule has 3 nitrogen and oxygen atoms in total. The molecule has 1 aliphatic carbocycles. The molecule has 0 fully saturated rings. The van der Waals surface area contributed by atoms with E-state index in [0.717, 1.165) is 34.6 Å². The van der Waals surface area contributed by atoms with Gasteiger partial charge in [0.25, 0.3) is 0 Å². The fraction of sp³-hybridized carbons (Fsp3) is 0.222. The zero-order valence-electron chi connectivity index (χ0n) is 17.4. The maximum Gasteiger partial charge on any atom is 0.159 e. The fourth-order valence-electron chi connectivity index (χ4n) is 3.94. The van der Waals surface area contributed by atoms with Gasteiger partial charge in [-0.2, -0.15) is 0 Å². The van der Waals surface area contributed by atoms with Crippen molar-refractivity contribution in [3.63, 3.8) is 0 Å². The third-order valence-electron chi connectivity index (χ3n) is 5.83. The van der Waals surface area contributed by atoms with Crippen LogP contribution in [0.3, 0.4) is 0 Å². The van der Waals surface area contributed by atoms with Crippen molar-refractivity contribution in [2.75, 3.05) is 7.11 Å². The molecule has 3 aromatic carbocycles. The van der Waals surface area contributed by atoms with Crippen molar-refractivity contribution >= 4 is 11.4 Å². The largest absolute Gasteiger partial charge is 0.497 e. The van der Waals surface area contributed by atoms with E-state index in [0.29, 0.717) is 6.61 Å². The van der Waals surface area contributed by atoms with Gasteiger partial charge in [-0.1, -0.05) is 61.5 Å². The van der Waals surface area contributed by atoms with Crippen LogP contribution >= 0.6 is 0 Å². The predicted octanol–water partition coefficient (Wildman–Crippen LogP) is 6.05. The van der Waals surface area contributed by atoms with E-state index < -0.39 is 0 Å². The summed E-state index contributed by atoms with van der Waals surface area (Å²) in [5.41, 5.74) is 4.46. The third kappa shape index (κ3) is 4.46. The Bertz CT molecular complexity index is 1020. The summed E-state index contributed by atoms with van der Waals surface area (Å²) in [6.45, 7) is 2.57. The minimum atomic E-state index is -0.0388. The summed E-state index contributed by atoms with van der Waals surface area (Å²) in [4.78, 5) is 12.7. The molecule has 1 aliphatic rings. The molecule has 0 amide bonds. The van der Waals surface area contributed by atoms with Gasteiger partial charge >= 0.3 is 0 Å². The molecule has 30 heavy (non-hydrogen) atoms. The number of ketones is 1. The number of hydrogen-bond acceptors (Lipinski definition) is 3. The maximum absolute atomic E-state index is 12.7. The van der Waals surface area contributed by atoms with Crippen LogP contribution in [-0.2, 0) is 11.4 Å². The second-order valence-electron chi connectivity index (χ2n) is 7.74. The van der Waals surface area contributed by atoms with Crippen molar-refractivity contribution in [3.05, 3.63) is 102 Å². The highest BCUT2D eigenvalue weighted by atomic mass is 16.5. The van der Waals surface area contributed by atoms with Crippen molar-refractivity contribution in [1.29, 1.82) is 0 Å². The molecule has 0 N–H and O–H groups in total. The lowest BCUT2D eigenvalue weighted by Gasteiger charge is -2.28. The minimum Gasteiger partial charge on any atom is -0.497 e. The average Bonchev–Trinajstić information content (AvgIpc) is 2.80. The number of allylic oxidation sites excluding steroid dienone is 2. The number of ether oxygens (including phenoxy) is 2. The number of rotatable bonds is 6. The Morgan fingerprint density at radius 3 is 2.20 bits per heavy atom. The zero-order valence-corrected chi connectivity index (χ0v) is 17.4. The Labute approximate surface area is 178 Å².